The maximum atomic E-state index is 3.95. The molecule has 3 heteroatoms. The second-order valence-corrected chi connectivity index (χ2v) is 2.80. The lowest BCUT2D eigenvalue weighted by Crippen LogP contribution is -2.00. The zero-order valence-corrected chi connectivity index (χ0v) is 8.27. The van der Waals surface area contributed by atoms with E-state index in [4.69, 9.17) is 0 Å². The fraction of sp³-hybridized carbons (Fsp3) is 0.0909. The van der Waals surface area contributed by atoms with E-state index in [1.54, 1.807) is 23.0 Å². The first-order valence-corrected chi connectivity index (χ1v) is 4.22. The van der Waals surface area contributed by atoms with Gasteiger partial charge in [0, 0.05) is 5.70 Å². The van der Waals surface area contributed by atoms with Crippen LogP contribution < -0.4 is 0 Å². The van der Waals surface area contributed by atoms with Crippen molar-refractivity contribution in [2.45, 2.75) is 6.92 Å². The van der Waals surface area contributed by atoms with Crippen molar-refractivity contribution < 1.29 is 0 Å². The third-order valence-electron chi connectivity index (χ3n) is 1.82. The Balaban J connectivity index is 3.16. The van der Waals surface area contributed by atoms with Crippen molar-refractivity contribution in [3.63, 3.8) is 0 Å². The Morgan fingerprint density at radius 3 is 2.79 bits per heavy atom. The van der Waals surface area contributed by atoms with Gasteiger partial charge in [0.05, 0.1) is 11.9 Å². The minimum atomic E-state index is 0.798. The summed E-state index contributed by atoms with van der Waals surface area (Å²) in [6, 6.07) is 0. The average Bonchev–Trinajstić information content (AvgIpc) is 2.65. The van der Waals surface area contributed by atoms with Gasteiger partial charge in [0.25, 0.3) is 0 Å². The first-order chi connectivity index (χ1) is 6.70. The molecule has 0 atom stereocenters. The molecule has 0 saturated carbocycles. The number of aromatic nitrogens is 3. The molecule has 1 aromatic rings. The van der Waals surface area contributed by atoms with Crippen molar-refractivity contribution in [1.82, 2.24) is 15.0 Å². The molecule has 1 rings (SSSR count). The van der Waals surface area contributed by atoms with E-state index in [0.29, 0.717) is 0 Å². The first kappa shape index (κ1) is 10.2. The molecule has 0 N–H and O–H groups in total. The van der Waals surface area contributed by atoms with Crippen LogP contribution in [-0.2, 0) is 0 Å². The van der Waals surface area contributed by atoms with Crippen LogP contribution >= 0.6 is 0 Å². The van der Waals surface area contributed by atoms with Crippen LogP contribution in [0.5, 0.6) is 0 Å². The van der Waals surface area contributed by atoms with Gasteiger partial charge in [0.2, 0.25) is 0 Å². The normalized spacial score (nSPS) is 11.1. The summed E-state index contributed by atoms with van der Waals surface area (Å²) in [7, 11) is 0. The Labute approximate surface area is 83.8 Å². The molecule has 0 aliphatic heterocycles. The van der Waals surface area contributed by atoms with Crippen LogP contribution in [0, 0.1) is 0 Å². The smallest absolute Gasteiger partial charge is 0.0934 e. The molecule has 0 amide bonds. The van der Waals surface area contributed by atoms with Crippen LogP contribution in [0.2, 0.25) is 0 Å². The molecule has 0 bridgehead atoms. The predicted molar refractivity (Wildman–Crippen MR) is 59.4 cm³/mol. The molecule has 0 aromatic carbocycles. The highest BCUT2D eigenvalue weighted by molar-refractivity contribution is 5.70. The van der Waals surface area contributed by atoms with E-state index in [9.17, 15) is 0 Å². The molecule has 1 heterocycles. The van der Waals surface area contributed by atoms with Gasteiger partial charge >= 0.3 is 0 Å². The van der Waals surface area contributed by atoms with Crippen LogP contribution in [-0.4, -0.2) is 15.0 Å². The summed E-state index contributed by atoms with van der Waals surface area (Å²) >= 11 is 0. The molecule has 0 aliphatic rings. The van der Waals surface area contributed by atoms with Crippen molar-refractivity contribution in [2.75, 3.05) is 0 Å². The number of allylic oxidation sites excluding steroid dienone is 5. The summed E-state index contributed by atoms with van der Waals surface area (Å²) in [5.74, 6) is 0. The highest BCUT2D eigenvalue weighted by atomic mass is 15.4. The fourth-order valence-corrected chi connectivity index (χ4v) is 1.06. The Morgan fingerprint density at radius 1 is 1.50 bits per heavy atom. The minimum Gasteiger partial charge on any atom is -0.217 e. The number of hydrogen-bond acceptors (Lipinski definition) is 2. The molecule has 0 fully saturated rings. The highest BCUT2D eigenvalue weighted by Crippen LogP contribution is 2.14. The van der Waals surface area contributed by atoms with Gasteiger partial charge < -0.3 is 0 Å². The van der Waals surface area contributed by atoms with Gasteiger partial charge in [-0.1, -0.05) is 37.1 Å². The summed E-state index contributed by atoms with van der Waals surface area (Å²) in [4.78, 5) is 0. The second-order valence-electron chi connectivity index (χ2n) is 2.80. The van der Waals surface area contributed by atoms with Crippen LogP contribution in [0.15, 0.2) is 44.2 Å². The molecule has 72 valence electrons. The average molecular weight is 187 g/mol. The van der Waals surface area contributed by atoms with Crippen LogP contribution in [0.1, 0.15) is 12.6 Å². The summed E-state index contributed by atoms with van der Waals surface area (Å²) in [6.07, 6.45) is 6.90. The maximum Gasteiger partial charge on any atom is 0.0934 e. The number of nitrogens with zero attached hydrogens (tertiary/aromatic N) is 3. The first-order valence-electron chi connectivity index (χ1n) is 4.22. The van der Waals surface area contributed by atoms with Gasteiger partial charge in [-0.05, 0) is 18.6 Å². The van der Waals surface area contributed by atoms with Gasteiger partial charge in [0.1, 0.15) is 0 Å². The lowest BCUT2D eigenvalue weighted by molar-refractivity contribution is 0.808. The molecule has 0 aliphatic carbocycles. The van der Waals surface area contributed by atoms with Crippen LogP contribution in [0.4, 0.5) is 0 Å². The monoisotopic (exact) mass is 187 g/mol. The van der Waals surface area contributed by atoms with E-state index in [1.165, 1.54) is 0 Å². The van der Waals surface area contributed by atoms with Crippen molar-refractivity contribution in [1.29, 1.82) is 0 Å². The van der Waals surface area contributed by atoms with Gasteiger partial charge in [0.15, 0.2) is 0 Å². The minimum absolute atomic E-state index is 0.798. The topological polar surface area (TPSA) is 30.7 Å². The van der Waals surface area contributed by atoms with E-state index in [2.05, 4.69) is 30.0 Å². The lowest BCUT2D eigenvalue weighted by atomic mass is 10.2. The SMILES string of the molecule is C=CC=C(C)n1nncc1C(=C)C=C. The Hall–Kier alpha value is -1.90. The molecule has 3 nitrogen and oxygen atoms in total. The number of hydrogen-bond donors (Lipinski definition) is 0. The van der Waals surface area contributed by atoms with Crippen molar-refractivity contribution in [3.05, 3.63) is 49.9 Å². The zero-order valence-electron chi connectivity index (χ0n) is 8.27. The molecule has 0 radical (unpaired) electrons. The zero-order chi connectivity index (χ0) is 10.6. The molecular formula is C11H13N3. The molecule has 0 spiro atoms. The molecule has 0 saturated heterocycles. The van der Waals surface area contributed by atoms with Crippen molar-refractivity contribution in [3.8, 4) is 0 Å². The lowest BCUT2D eigenvalue weighted by Gasteiger charge is -2.04. The molecule has 14 heavy (non-hydrogen) atoms. The predicted octanol–water partition coefficient (Wildman–Crippen LogP) is 2.52. The van der Waals surface area contributed by atoms with Crippen molar-refractivity contribution in [2.24, 2.45) is 0 Å². The molecule has 0 unspecified atom stereocenters. The van der Waals surface area contributed by atoms with Gasteiger partial charge in [-0.15, -0.1) is 5.10 Å². The van der Waals surface area contributed by atoms with E-state index in [-0.39, 0.29) is 0 Å². The van der Waals surface area contributed by atoms with Gasteiger partial charge in [-0.25, -0.2) is 4.68 Å². The standard InChI is InChI=1S/C11H13N3/c1-5-7-10(4)14-11(8-12-13-14)9(3)6-2/h5-8H,1-3H2,4H3. The number of rotatable bonds is 4. The third kappa shape index (κ3) is 1.88. The largest absolute Gasteiger partial charge is 0.217 e. The quantitative estimate of drug-likeness (QED) is 0.678. The maximum absolute atomic E-state index is 3.95. The van der Waals surface area contributed by atoms with E-state index < -0.39 is 0 Å². The Morgan fingerprint density at radius 2 is 2.21 bits per heavy atom. The van der Waals surface area contributed by atoms with E-state index in [0.717, 1.165) is 17.0 Å². The van der Waals surface area contributed by atoms with Gasteiger partial charge in [-0.2, -0.15) is 0 Å². The Kier molecular flexibility index (Phi) is 3.18. The van der Waals surface area contributed by atoms with Crippen LogP contribution in [0.25, 0.3) is 11.3 Å². The summed E-state index contributed by atoms with van der Waals surface area (Å²) < 4.78 is 1.70. The van der Waals surface area contributed by atoms with E-state index >= 15 is 0 Å². The third-order valence-corrected chi connectivity index (χ3v) is 1.82. The molecular weight excluding hydrogens is 174 g/mol. The van der Waals surface area contributed by atoms with Crippen molar-refractivity contribution >= 4 is 11.3 Å². The van der Waals surface area contributed by atoms with Crippen LogP contribution in [0.3, 0.4) is 0 Å². The van der Waals surface area contributed by atoms with Gasteiger partial charge in [-0.3, -0.25) is 0 Å². The summed E-state index contributed by atoms with van der Waals surface area (Å²) in [5, 5.41) is 7.77. The summed E-state index contributed by atoms with van der Waals surface area (Å²) in [5.41, 5.74) is 2.58. The highest BCUT2D eigenvalue weighted by Gasteiger charge is 2.05. The summed E-state index contributed by atoms with van der Waals surface area (Å²) in [6.45, 7) is 13.1. The Bertz CT molecular complexity index is 396. The second kappa shape index (κ2) is 4.37. The fourth-order valence-electron chi connectivity index (χ4n) is 1.06. The van der Waals surface area contributed by atoms with E-state index in [1.807, 2.05) is 13.0 Å². The molecule has 1 aromatic heterocycles.